The minimum atomic E-state index is -0.289. The summed E-state index contributed by atoms with van der Waals surface area (Å²) >= 11 is 0. The first-order valence-electron chi connectivity index (χ1n) is 11.4. The van der Waals surface area contributed by atoms with E-state index in [0.29, 0.717) is 5.69 Å². The number of anilines is 3. The van der Waals surface area contributed by atoms with Gasteiger partial charge in [0.25, 0.3) is 0 Å². The van der Waals surface area contributed by atoms with E-state index < -0.39 is 0 Å². The zero-order chi connectivity index (χ0) is 23.0. The van der Waals surface area contributed by atoms with Gasteiger partial charge in [0.15, 0.2) is 0 Å². The van der Waals surface area contributed by atoms with E-state index in [1.807, 2.05) is 12.1 Å². The average Bonchev–Trinajstić information content (AvgIpc) is 3.21. The van der Waals surface area contributed by atoms with Gasteiger partial charge in [0, 0.05) is 47.3 Å². The zero-order valence-electron chi connectivity index (χ0n) is 19.4. The van der Waals surface area contributed by atoms with E-state index in [1.54, 1.807) is 6.20 Å². The van der Waals surface area contributed by atoms with E-state index >= 15 is 0 Å². The molecule has 0 atom stereocenters. The van der Waals surface area contributed by atoms with Crippen LogP contribution in [0.25, 0.3) is 10.9 Å². The third-order valence-corrected chi connectivity index (χ3v) is 6.19. The molecule has 0 saturated carbocycles. The number of ether oxygens (including phenoxy) is 1. The van der Waals surface area contributed by atoms with E-state index in [2.05, 4.69) is 83.6 Å². The molecule has 170 valence electrons. The second-order valence-corrected chi connectivity index (χ2v) is 9.35. The number of benzene rings is 2. The van der Waals surface area contributed by atoms with Crippen molar-refractivity contribution in [3.63, 3.8) is 0 Å². The molecule has 5 rings (SSSR count). The fourth-order valence-corrected chi connectivity index (χ4v) is 4.64. The summed E-state index contributed by atoms with van der Waals surface area (Å²) < 4.78 is 6.36. The van der Waals surface area contributed by atoms with Crippen molar-refractivity contribution in [1.29, 1.82) is 0 Å². The van der Waals surface area contributed by atoms with Crippen molar-refractivity contribution in [2.75, 3.05) is 23.3 Å². The molecule has 0 radical (unpaired) electrons. The second-order valence-electron chi connectivity index (χ2n) is 9.35. The topological polar surface area (TPSA) is 73.4 Å². The van der Waals surface area contributed by atoms with Gasteiger partial charge in [-0.2, -0.15) is 0 Å². The Morgan fingerprint density at radius 1 is 1.15 bits per heavy atom. The van der Waals surface area contributed by atoms with Gasteiger partial charge in [-0.05, 0) is 62.6 Å². The molecule has 0 saturated heterocycles. The summed E-state index contributed by atoms with van der Waals surface area (Å²) in [6, 6.07) is 16.5. The first-order valence-corrected chi connectivity index (χ1v) is 11.4. The molecule has 0 unspecified atom stereocenters. The molecular formula is C27H30N4O2. The molecule has 1 aliphatic rings. The minimum Gasteiger partial charge on any atom is -0.484 e. The SMILES string of the molecule is Cc1cccc2c(CCN3CC(C)(C)Oc4cc(Nc5ccnc(CO)c5)ccc43)c[nH]c12. The predicted molar refractivity (Wildman–Crippen MR) is 134 cm³/mol. The van der Waals surface area contributed by atoms with Gasteiger partial charge in [0.05, 0.1) is 24.5 Å². The van der Waals surface area contributed by atoms with Crippen LogP contribution >= 0.6 is 0 Å². The number of hydrogen-bond acceptors (Lipinski definition) is 5. The minimum absolute atomic E-state index is 0.0814. The van der Waals surface area contributed by atoms with Crippen molar-refractivity contribution < 1.29 is 9.84 Å². The molecule has 0 aliphatic carbocycles. The number of pyridine rings is 1. The van der Waals surface area contributed by atoms with Crippen molar-refractivity contribution in [2.24, 2.45) is 0 Å². The van der Waals surface area contributed by atoms with Crippen LogP contribution in [0.2, 0.25) is 0 Å². The number of aromatic amines is 1. The number of H-pyrrole nitrogens is 1. The van der Waals surface area contributed by atoms with Crippen LogP contribution in [-0.2, 0) is 13.0 Å². The molecule has 0 amide bonds. The van der Waals surface area contributed by atoms with E-state index in [9.17, 15) is 5.11 Å². The number of fused-ring (bicyclic) bond motifs is 2. The van der Waals surface area contributed by atoms with Crippen LogP contribution in [0, 0.1) is 6.92 Å². The Hall–Kier alpha value is -3.51. The molecule has 6 heteroatoms. The number of aromatic nitrogens is 2. The van der Waals surface area contributed by atoms with Crippen LogP contribution in [0.4, 0.5) is 17.1 Å². The standard InChI is InChI=1S/C27H30N4O2/c1-18-5-4-6-23-19(15-29-26(18)23)10-12-31-17-27(2,3)33-25-14-20(7-8-24(25)31)30-21-9-11-28-22(13-21)16-32/h4-9,11,13-15,29,32H,10,12,16-17H2,1-3H3,(H,28,30). The highest BCUT2D eigenvalue weighted by molar-refractivity contribution is 5.86. The van der Waals surface area contributed by atoms with Crippen LogP contribution < -0.4 is 15.0 Å². The Kier molecular flexibility index (Phi) is 5.46. The van der Waals surface area contributed by atoms with Crippen LogP contribution in [-0.4, -0.2) is 33.8 Å². The van der Waals surface area contributed by atoms with Crippen molar-refractivity contribution in [3.8, 4) is 5.75 Å². The largest absolute Gasteiger partial charge is 0.484 e. The Balaban J connectivity index is 1.38. The summed E-state index contributed by atoms with van der Waals surface area (Å²) in [6.45, 7) is 8.08. The molecule has 4 aromatic rings. The van der Waals surface area contributed by atoms with Gasteiger partial charge in [0.2, 0.25) is 0 Å². The summed E-state index contributed by atoms with van der Waals surface area (Å²) in [5, 5.41) is 14.1. The molecule has 6 nitrogen and oxygen atoms in total. The average molecular weight is 443 g/mol. The molecule has 0 spiro atoms. The second kappa shape index (κ2) is 8.45. The monoisotopic (exact) mass is 442 g/mol. The lowest BCUT2D eigenvalue weighted by Gasteiger charge is -2.41. The maximum atomic E-state index is 9.35. The molecule has 3 heterocycles. The fraction of sp³-hybridized carbons (Fsp3) is 0.296. The zero-order valence-corrected chi connectivity index (χ0v) is 19.4. The van der Waals surface area contributed by atoms with Gasteiger partial charge in [-0.25, -0.2) is 0 Å². The van der Waals surface area contributed by atoms with Crippen molar-refractivity contribution >= 4 is 28.0 Å². The van der Waals surface area contributed by atoms with Crippen molar-refractivity contribution in [1.82, 2.24) is 9.97 Å². The van der Waals surface area contributed by atoms with Gasteiger partial charge in [-0.15, -0.1) is 0 Å². The molecule has 2 aromatic carbocycles. The van der Waals surface area contributed by atoms with E-state index in [-0.39, 0.29) is 12.2 Å². The van der Waals surface area contributed by atoms with Gasteiger partial charge in [0.1, 0.15) is 11.4 Å². The van der Waals surface area contributed by atoms with Crippen LogP contribution in [0.3, 0.4) is 0 Å². The summed E-state index contributed by atoms with van der Waals surface area (Å²) in [7, 11) is 0. The number of nitrogens with one attached hydrogen (secondary N) is 2. The van der Waals surface area contributed by atoms with Crippen molar-refractivity contribution in [3.05, 3.63) is 77.7 Å². The van der Waals surface area contributed by atoms with Crippen molar-refractivity contribution in [2.45, 2.75) is 39.4 Å². The Labute approximate surface area is 194 Å². The molecular weight excluding hydrogens is 412 g/mol. The molecule has 0 bridgehead atoms. The summed E-state index contributed by atoms with van der Waals surface area (Å²) in [5.74, 6) is 0.877. The number of para-hydroxylation sites is 1. The first kappa shape index (κ1) is 21.3. The Morgan fingerprint density at radius 3 is 2.85 bits per heavy atom. The predicted octanol–water partition coefficient (Wildman–Crippen LogP) is 5.33. The molecule has 0 fully saturated rings. The molecule has 33 heavy (non-hydrogen) atoms. The fourth-order valence-electron chi connectivity index (χ4n) is 4.64. The molecule has 2 aromatic heterocycles. The van der Waals surface area contributed by atoms with E-state index in [4.69, 9.17) is 4.74 Å². The Morgan fingerprint density at radius 2 is 2.00 bits per heavy atom. The number of nitrogens with zero attached hydrogens (tertiary/aromatic N) is 2. The number of rotatable bonds is 6. The van der Waals surface area contributed by atoms with Crippen LogP contribution in [0.15, 0.2) is 60.9 Å². The number of aliphatic hydroxyl groups is 1. The van der Waals surface area contributed by atoms with Crippen LogP contribution in [0.1, 0.15) is 30.7 Å². The van der Waals surface area contributed by atoms with Crippen LogP contribution in [0.5, 0.6) is 5.75 Å². The lowest BCUT2D eigenvalue weighted by atomic mass is 10.0. The highest BCUT2D eigenvalue weighted by Gasteiger charge is 2.31. The lowest BCUT2D eigenvalue weighted by molar-refractivity contribution is 0.105. The van der Waals surface area contributed by atoms with Gasteiger partial charge in [-0.1, -0.05) is 18.2 Å². The maximum Gasteiger partial charge on any atom is 0.145 e. The number of aryl methyl sites for hydroxylation is 1. The highest BCUT2D eigenvalue weighted by atomic mass is 16.5. The number of aliphatic hydroxyl groups excluding tert-OH is 1. The normalized spacial score (nSPS) is 14.7. The molecule has 3 N–H and O–H groups in total. The summed E-state index contributed by atoms with van der Waals surface area (Å²) in [6.07, 6.45) is 4.80. The number of hydrogen-bond donors (Lipinski definition) is 3. The maximum absolute atomic E-state index is 9.35. The van der Waals surface area contributed by atoms with Gasteiger partial charge < -0.3 is 25.0 Å². The summed E-state index contributed by atoms with van der Waals surface area (Å²) in [5.41, 5.74) is 7.13. The summed E-state index contributed by atoms with van der Waals surface area (Å²) in [4.78, 5) is 10.0. The third-order valence-electron chi connectivity index (χ3n) is 6.19. The highest BCUT2D eigenvalue weighted by Crippen LogP contribution is 2.39. The third kappa shape index (κ3) is 4.39. The van der Waals surface area contributed by atoms with Gasteiger partial charge in [-0.3, -0.25) is 4.98 Å². The quantitative estimate of drug-likeness (QED) is 0.377. The van der Waals surface area contributed by atoms with E-state index in [1.165, 1.54) is 22.0 Å². The lowest BCUT2D eigenvalue weighted by Crippen LogP contribution is -2.47. The first-order chi connectivity index (χ1) is 15.9. The van der Waals surface area contributed by atoms with Gasteiger partial charge >= 0.3 is 0 Å². The smallest absolute Gasteiger partial charge is 0.145 e. The Bertz CT molecular complexity index is 1290. The van der Waals surface area contributed by atoms with E-state index in [0.717, 1.165) is 42.3 Å². The molecule has 1 aliphatic heterocycles.